The van der Waals surface area contributed by atoms with Crippen molar-refractivity contribution in [3.8, 4) is 0 Å². The van der Waals surface area contributed by atoms with Gasteiger partial charge in [-0.3, -0.25) is 14.5 Å². The Morgan fingerprint density at radius 1 is 0.968 bits per heavy atom. The fraction of sp³-hybridized carbons (Fsp3) is 0.692. The Bertz CT molecular complexity index is 790. The molecule has 5 heteroatoms. The monoisotopic (exact) mass is 423 g/mol. The third kappa shape index (κ3) is 4.02. The van der Waals surface area contributed by atoms with Gasteiger partial charge in [0.05, 0.1) is 11.5 Å². The second-order valence-corrected chi connectivity index (χ2v) is 10.7. The lowest BCUT2D eigenvalue weighted by atomic mass is 9.49. The topological polar surface area (TPSA) is 52.7 Å². The lowest BCUT2D eigenvalue weighted by Crippen LogP contribution is -2.59. The number of rotatable bonds is 5. The van der Waals surface area contributed by atoms with Crippen molar-refractivity contribution in [2.75, 3.05) is 31.5 Å². The van der Waals surface area contributed by atoms with Crippen molar-refractivity contribution in [1.82, 2.24) is 9.80 Å². The Hall–Kier alpha value is -1.88. The summed E-state index contributed by atoms with van der Waals surface area (Å²) < 4.78 is 0. The number of carbonyl (C=O) groups excluding carboxylic acids is 2. The van der Waals surface area contributed by atoms with Gasteiger partial charge in [0.1, 0.15) is 0 Å². The van der Waals surface area contributed by atoms with Crippen molar-refractivity contribution in [3.63, 3.8) is 0 Å². The van der Waals surface area contributed by atoms with Crippen LogP contribution in [0.15, 0.2) is 24.3 Å². The third-order valence-corrected chi connectivity index (χ3v) is 8.65. The molecule has 31 heavy (non-hydrogen) atoms. The van der Waals surface area contributed by atoms with E-state index < -0.39 is 0 Å². The van der Waals surface area contributed by atoms with Gasteiger partial charge in [-0.2, -0.15) is 0 Å². The summed E-state index contributed by atoms with van der Waals surface area (Å²) in [7, 11) is 0. The van der Waals surface area contributed by atoms with Gasteiger partial charge in [0.2, 0.25) is 11.8 Å². The van der Waals surface area contributed by atoms with E-state index in [1.165, 1.54) is 24.8 Å². The fourth-order valence-corrected chi connectivity index (χ4v) is 7.26. The van der Waals surface area contributed by atoms with Crippen LogP contribution in [-0.4, -0.2) is 53.8 Å². The van der Waals surface area contributed by atoms with Crippen LogP contribution in [0.5, 0.6) is 0 Å². The number of anilines is 1. The van der Waals surface area contributed by atoms with E-state index in [-0.39, 0.29) is 17.4 Å². The molecule has 168 valence electrons. The van der Waals surface area contributed by atoms with Crippen molar-refractivity contribution >= 4 is 17.5 Å². The van der Waals surface area contributed by atoms with Crippen LogP contribution in [0.4, 0.5) is 5.69 Å². The van der Waals surface area contributed by atoms with E-state index in [4.69, 9.17) is 0 Å². The van der Waals surface area contributed by atoms with Crippen LogP contribution in [0.1, 0.15) is 57.9 Å². The van der Waals surface area contributed by atoms with Crippen LogP contribution in [0.3, 0.4) is 0 Å². The van der Waals surface area contributed by atoms with E-state index in [1.807, 2.05) is 19.1 Å². The highest BCUT2D eigenvalue weighted by Gasteiger charge is 2.55. The van der Waals surface area contributed by atoms with Crippen molar-refractivity contribution in [3.05, 3.63) is 29.8 Å². The number of amides is 2. The van der Waals surface area contributed by atoms with Crippen LogP contribution in [0.2, 0.25) is 0 Å². The average Bonchev–Trinajstić information content (AvgIpc) is 2.78. The Morgan fingerprint density at radius 3 is 2.03 bits per heavy atom. The third-order valence-electron chi connectivity index (χ3n) is 8.65. The molecule has 4 saturated carbocycles. The summed E-state index contributed by atoms with van der Waals surface area (Å²) in [6, 6.07) is 7.89. The Morgan fingerprint density at radius 2 is 1.52 bits per heavy atom. The Kier molecular flexibility index (Phi) is 5.58. The molecule has 5 aliphatic rings. The van der Waals surface area contributed by atoms with Crippen LogP contribution in [-0.2, 0) is 16.0 Å². The first-order valence-electron chi connectivity index (χ1n) is 12.4. The van der Waals surface area contributed by atoms with Crippen molar-refractivity contribution in [2.45, 2.75) is 64.8 Å². The molecule has 0 spiro atoms. The molecule has 5 fully saturated rings. The largest absolute Gasteiger partial charge is 0.340 e. The molecule has 1 heterocycles. The standard InChI is InChI=1S/C26H37N3O2/c1-3-19-4-6-23(7-5-19)27-24(30)18(2)28-8-10-29(11-9-28)25(31)26-15-20-12-21(16-26)14-22(13-20)17-26/h4-7,18,20-22H,3,8-17H2,1-2H3,(H,27,30). The Balaban J connectivity index is 1.15. The predicted octanol–water partition coefficient (Wildman–Crippen LogP) is 3.94. The van der Waals surface area contributed by atoms with Gasteiger partial charge in [0.25, 0.3) is 0 Å². The average molecular weight is 424 g/mol. The maximum Gasteiger partial charge on any atom is 0.241 e. The molecule has 4 bridgehead atoms. The molecular formula is C26H37N3O2. The van der Waals surface area contributed by atoms with Crippen LogP contribution in [0.25, 0.3) is 0 Å². The van der Waals surface area contributed by atoms with Gasteiger partial charge in [0.15, 0.2) is 0 Å². The quantitative estimate of drug-likeness (QED) is 0.781. The molecule has 1 N–H and O–H groups in total. The lowest BCUT2D eigenvalue weighted by molar-refractivity contribution is -0.159. The summed E-state index contributed by atoms with van der Waals surface area (Å²) in [5, 5.41) is 3.05. The van der Waals surface area contributed by atoms with Gasteiger partial charge in [-0.25, -0.2) is 0 Å². The first-order valence-corrected chi connectivity index (χ1v) is 12.4. The number of nitrogens with one attached hydrogen (secondary N) is 1. The molecule has 1 unspecified atom stereocenters. The summed E-state index contributed by atoms with van der Waals surface area (Å²) in [4.78, 5) is 30.7. The molecule has 4 aliphatic carbocycles. The second kappa shape index (κ2) is 8.23. The summed E-state index contributed by atoms with van der Waals surface area (Å²) in [5.41, 5.74) is 2.07. The predicted molar refractivity (Wildman–Crippen MR) is 123 cm³/mol. The minimum atomic E-state index is -0.192. The van der Waals surface area contributed by atoms with Gasteiger partial charge in [-0.15, -0.1) is 0 Å². The molecule has 6 rings (SSSR count). The number of hydrogen-bond donors (Lipinski definition) is 1. The van der Waals surface area contributed by atoms with Crippen molar-refractivity contribution in [1.29, 1.82) is 0 Å². The van der Waals surface area contributed by atoms with E-state index in [2.05, 4.69) is 34.2 Å². The maximum absolute atomic E-state index is 13.6. The highest BCUT2D eigenvalue weighted by Crippen LogP contribution is 2.60. The lowest BCUT2D eigenvalue weighted by Gasteiger charge is -2.57. The molecule has 1 aromatic carbocycles. The number of piperazine rings is 1. The SMILES string of the molecule is CCc1ccc(NC(=O)C(C)N2CCN(C(=O)C34CC5CC(CC(C5)C3)C4)CC2)cc1. The molecule has 1 aliphatic heterocycles. The molecule has 1 aromatic rings. The highest BCUT2D eigenvalue weighted by molar-refractivity contribution is 5.94. The zero-order valence-corrected chi connectivity index (χ0v) is 19.1. The molecule has 1 saturated heterocycles. The van der Waals surface area contributed by atoms with E-state index in [0.29, 0.717) is 5.91 Å². The number of carbonyl (C=O) groups is 2. The molecule has 0 aromatic heterocycles. The van der Waals surface area contributed by atoms with Gasteiger partial charge >= 0.3 is 0 Å². The number of nitrogens with zero attached hydrogens (tertiary/aromatic N) is 2. The summed E-state index contributed by atoms with van der Waals surface area (Å²) in [6.45, 7) is 7.17. The van der Waals surface area contributed by atoms with Crippen LogP contribution < -0.4 is 5.32 Å². The minimum absolute atomic E-state index is 0.0325. The van der Waals surface area contributed by atoms with Gasteiger partial charge in [0, 0.05) is 31.9 Å². The molecular weight excluding hydrogens is 386 g/mol. The maximum atomic E-state index is 13.6. The molecule has 5 nitrogen and oxygen atoms in total. The van der Waals surface area contributed by atoms with E-state index in [1.54, 1.807) is 0 Å². The van der Waals surface area contributed by atoms with Crippen molar-refractivity contribution in [2.24, 2.45) is 23.2 Å². The van der Waals surface area contributed by atoms with E-state index in [0.717, 1.165) is 75.3 Å². The zero-order chi connectivity index (χ0) is 21.6. The minimum Gasteiger partial charge on any atom is -0.340 e. The zero-order valence-electron chi connectivity index (χ0n) is 19.1. The summed E-state index contributed by atoms with van der Waals surface area (Å²) in [5.74, 6) is 2.86. The first-order chi connectivity index (χ1) is 15.0. The summed E-state index contributed by atoms with van der Waals surface area (Å²) in [6.07, 6.45) is 8.50. The normalized spacial score (nSPS) is 33.4. The number of benzene rings is 1. The molecule has 2 amide bonds. The molecule has 0 radical (unpaired) electrons. The van der Waals surface area contributed by atoms with Crippen LogP contribution in [0, 0.1) is 23.2 Å². The highest BCUT2D eigenvalue weighted by atomic mass is 16.2. The first kappa shape index (κ1) is 21.0. The van der Waals surface area contributed by atoms with Crippen molar-refractivity contribution < 1.29 is 9.59 Å². The number of aryl methyl sites for hydroxylation is 1. The Labute approximate surface area is 186 Å². The summed E-state index contributed by atoms with van der Waals surface area (Å²) >= 11 is 0. The second-order valence-electron chi connectivity index (χ2n) is 10.7. The number of hydrogen-bond acceptors (Lipinski definition) is 3. The van der Waals surface area contributed by atoms with E-state index >= 15 is 0 Å². The molecule has 1 atom stereocenters. The van der Waals surface area contributed by atoms with Gasteiger partial charge in [-0.1, -0.05) is 19.1 Å². The van der Waals surface area contributed by atoms with Gasteiger partial charge in [-0.05, 0) is 87.3 Å². The van der Waals surface area contributed by atoms with E-state index in [9.17, 15) is 9.59 Å². The van der Waals surface area contributed by atoms with Gasteiger partial charge < -0.3 is 10.2 Å². The van der Waals surface area contributed by atoms with Crippen LogP contribution >= 0.6 is 0 Å². The smallest absolute Gasteiger partial charge is 0.241 e. The fourth-order valence-electron chi connectivity index (χ4n) is 7.26.